The number of rotatable bonds is 2. The Labute approximate surface area is 105 Å². The van der Waals surface area contributed by atoms with Crippen molar-refractivity contribution in [1.29, 1.82) is 0 Å². The molecule has 1 aromatic rings. The first-order valence-electron chi connectivity index (χ1n) is 3.29. The molecule has 14 heavy (non-hydrogen) atoms. The summed E-state index contributed by atoms with van der Waals surface area (Å²) in [5.74, 6) is -0.230. The quantitative estimate of drug-likeness (QED) is 0.442. The van der Waals surface area contributed by atoms with E-state index in [0.29, 0.717) is 0 Å². The third-order valence-electron chi connectivity index (χ3n) is 1.43. The summed E-state index contributed by atoms with van der Waals surface area (Å²) in [5.41, 5.74) is 0. The fourth-order valence-electron chi connectivity index (χ4n) is 0.869. The van der Waals surface area contributed by atoms with E-state index in [1.54, 1.807) is 0 Å². The van der Waals surface area contributed by atoms with Crippen LogP contribution in [0.1, 0.15) is 1.43 Å². The number of hydrogen-bond acceptors (Lipinski definition) is 4. The second-order valence-electron chi connectivity index (χ2n) is 2.31. The molecule has 0 aromatic heterocycles. The van der Waals surface area contributed by atoms with Gasteiger partial charge in [0.15, 0.2) is 0 Å². The molecule has 0 amide bonds. The minimum atomic E-state index is -4.30. The number of ether oxygens (including phenoxy) is 1. The van der Waals surface area contributed by atoms with E-state index >= 15 is 0 Å². The zero-order valence-corrected chi connectivity index (χ0v) is 10.6. The Morgan fingerprint density at radius 3 is 2.43 bits per heavy atom. The second-order valence-corrected chi connectivity index (χ2v) is 3.70. The first kappa shape index (κ1) is 13.7. The van der Waals surface area contributed by atoms with E-state index in [0.717, 1.165) is 18.2 Å². The van der Waals surface area contributed by atoms with Gasteiger partial charge in [-0.25, -0.2) is 0 Å². The first-order valence-corrected chi connectivity index (χ1v) is 4.73. The van der Waals surface area contributed by atoms with Gasteiger partial charge in [0.05, 0.1) is 7.11 Å². The number of hydrogen-bond donors (Lipinski definition) is 2. The fourth-order valence-corrected chi connectivity index (χ4v) is 1.51. The molecule has 0 aliphatic rings. The maximum absolute atomic E-state index is 10.7. The molecule has 1 rings (SSSR count). The molecule has 0 spiro atoms. The van der Waals surface area contributed by atoms with Gasteiger partial charge >= 0.3 is 29.6 Å². The Morgan fingerprint density at radius 1 is 1.43 bits per heavy atom. The Bertz CT molecular complexity index is 419. The van der Waals surface area contributed by atoms with Crippen molar-refractivity contribution in [3.05, 3.63) is 18.2 Å². The van der Waals surface area contributed by atoms with Crippen LogP contribution in [0, 0.1) is 0 Å². The van der Waals surface area contributed by atoms with Crippen molar-refractivity contribution in [2.75, 3.05) is 7.11 Å². The molecule has 0 saturated carbocycles. The Kier molecular flexibility index (Phi) is 4.90. The molecule has 2 N–H and O–H groups in total. The van der Waals surface area contributed by atoms with E-state index in [2.05, 4.69) is 4.74 Å². The summed E-state index contributed by atoms with van der Waals surface area (Å²) in [6, 6.07) is 3.30. The molecule has 0 bridgehead atoms. The van der Waals surface area contributed by atoms with Gasteiger partial charge in [0.1, 0.15) is 16.4 Å². The summed E-state index contributed by atoms with van der Waals surface area (Å²) in [7, 11) is -3.06. The van der Waals surface area contributed by atoms with E-state index in [-0.39, 0.29) is 47.4 Å². The van der Waals surface area contributed by atoms with Crippen LogP contribution in [0.4, 0.5) is 0 Å². The van der Waals surface area contributed by atoms with Crippen molar-refractivity contribution < 1.29 is 53.8 Å². The molecule has 0 radical (unpaired) electrons. The number of phenols is 1. The average molecular weight is 228 g/mol. The van der Waals surface area contributed by atoms with E-state index in [9.17, 15) is 8.42 Å². The molecule has 74 valence electrons. The summed E-state index contributed by atoms with van der Waals surface area (Å²) < 4.78 is 34.8. The molecule has 0 heterocycles. The minimum Gasteiger partial charge on any atom is -1.00 e. The van der Waals surface area contributed by atoms with Gasteiger partial charge in [-0.1, -0.05) is 0 Å². The van der Waals surface area contributed by atoms with Crippen LogP contribution in [-0.4, -0.2) is 25.2 Å². The van der Waals surface area contributed by atoms with Gasteiger partial charge in [0, 0.05) is 6.07 Å². The van der Waals surface area contributed by atoms with Crippen LogP contribution in [0.2, 0.25) is 0 Å². The van der Waals surface area contributed by atoms with Crippen LogP contribution >= 0.6 is 0 Å². The molecule has 0 saturated heterocycles. The molecular weight excluding hydrogens is 219 g/mol. The van der Waals surface area contributed by atoms with Gasteiger partial charge in [0.25, 0.3) is 10.1 Å². The number of aromatic hydroxyl groups is 1. The minimum absolute atomic E-state index is 0. The van der Waals surface area contributed by atoms with Crippen LogP contribution < -0.4 is 34.3 Å². The van der Waals surface area contributed by atoms with Crippen LogP contribution in [0.25, 0.3) is 0 Å². The smallest absolute Gasteiger partial charge is 1.00 e. The third kappa shape index (κ3) is 3.14. The molecule has 0 unspecified atom stereocenters. The van der Waals surface area contributed by atoms with Gasteiger partial charge < -0.3 is 11.3 Å². The summed E-state index contributed by atoms with van der Waals surface area (Å²) in [4.78, 5) is -0.368. The Hall–Kier alpha value is -0.270. The summed E-state index contributed by atoms with van der Waals surface area (Å²) >= 11 is 0. The van der Waals surface area contributed by atoms with Crippen molar-refractivity contribution in [2.45, 2.75) is 4.90 Å². The van der Waals surface area contributed by atoms with Crippen molar-refractivity contribution >= 4 is 10.1 Å². The molecular formula is C7H9NaO5S. The molecule has 0 aliphatic heterocycles. The normalized spacial score (nSPS) is 10.4. The van der Waals surface area contributed by atoms with Crippen LogP contribution in [0.3, 0.4) is 0 Å². The fraction of sp³-hybridized carbons (Fsp3) is 0.143. The van der Waals surface area contributed by atoms with E-state index in [1.165, 1.54) is 7.11 Å². The average Bonchev–Trinajstić information content (AvgIpc) is 2.01. The molecule has 5 nitrogen and oxygen atoms in total. The largest absolute Gasteiger partial charge is 1.00 e. The maximum Gasteiger partial charge on any atom is 1.00 e. The molecule has 7 heteroatoms. The van der Waals surface area contributed by atoms with Crippen LogP contribution in [0.5, 0.6) is 11.5 Å². The standard InChI is InChI=1S/C7H8O5S.Na.H/c1-12-6-4-5(8)2-3-7(6)13(9,10)11;;/h2-4,8H,1H3,(H,9,10,11);;/q;+1;-1. The molecule has 0 atom stereocenters. The van der Waals surface area contributed by atoms with Crippen LogP contribution in [-0.2, 0) is 10.1 Å². The van der Waals surface area contributed by atoms with Gasteiger partial charge in [-0.2, -0.15) is 8.42 Å². The topological polar surface area (TPSA) is 83.8 Å². The first-order chi connectivity index (χ1) is 5.95. The molecule has 0 fully saturated rings. The van der Waals surface area contributed by atoms with E-state index < -0.39 is 10.1 Å². The number of phenolic OH excluding ortho intramolecular Hbond substituents is 1. The predicted molar refractivity (Wildman–Crippen MR) is 45.6 cm³/mol. The SMILES string of the molecule is COc1cc(O)ccc1S(=O)(=O)O.[H-].[Na+]. The van der Waals surface area contributed by atoms with Gasteiger partial charge in [0.2, 0.25) is 0 Å². The summed E-state index contributed by atoms with van der Waals surface area (Å²) in [6.07, 6.45) is 0. The zero-order valence-electron chi connectivity index (χ0n) is 8.76. The second kappa shape index (κ2) is 4.99. The number of benzene rings is 1. The van der Waals surface area contributed by atoms with Gasteiger partial charge in [-0.3, -0.25) is 4.55 Å². The summed E-state index contributed by atoms with van der Waals surface area (Å²) in [5, 5.41) is 8.98. The third-order valence-corrected chi connectivity index (χ3v) is 2.32. The summed E-state index contributed by atoms with van der Waals surface area (Å²) in [6.45, 7) is 0. The van der Waals surface area contributed by atoms with Crippen molar-refractivity contribution in [1.82, 2.24) is 0 Å². The van der Waals surface area contributed by atoms with Crippen LogP contribution in [0.15, 0.2) is 23.1 Å². The van der Waals surface area contributed by atoms with Gasteiger partial charge in [-0.05, 0) is 12.1 Å². The van der Waals surface area contributed by atoms with Crippen molar-refractivity contribution in [3.8, 4) is 11.5 Å². The van der Waals surface area contributed by atoms with E-state index in [4.69, 9.17) is 9.66 Å². The number of methoxy groups -OCH3 is 1. The Balaban J connectivity index is 0. The molecule has 0 aliphatic carbocycles. The Morgan fingerprint density at radius 2 is 2.00 bits per heavy atom. The maximum atomic E-state index is 10.7. The van der Waals surface area contributed by atoms with E-state index in [1.807, 2.05) is 0 Å². The van der Waals surface area contributed by atoms with Crippen molar-refractivity contribution in [3.63, 3.8) is 0 Å². The predicted octanol–water partition coefficient (Wildman–Crippen LogP) is -2.24. The zero-order chi connectivity index (χ0) is 10.1. The monoisotopic (exact) mass is 228 g/mol. The molecule has 1 aromatic carbocycles. The van der Waals surface area contributed by atoms with Gasteiger partial charge in [-0.15, -0.1) is 0 Å². The van der Waals surface area contributed by atoms with Crippen molar-refractivity contribution in [2.24, 2.45) is 0 Å².